The van der Waals surface area contributed by atoms with E-state index in [4.69, 9.17) is 15.7 Å². The summed E-state index contributed by atoms with van der Waals surface area (Å²) in [6, 6.07) is 1.87. The summed E-state index contributed by atoms with van der Waals surface area (Å²) in [6.45, 7) is 0.451. The van der Waals surface area contributed by atoms with Gasteiger partial charge in [0.15, 0.2) is 0 Å². The van der Waals surface area contributed by atoms with Crippen molar-refractivity contribution in [2.75, 3.05) is 6.61 Å². The molecule has 0 amide bonds. The van der Waals surface area contributed by atoms with Gasteiger partial charge in [-0.05, 0) is 32.1 Å². The summed E-state index contributed by atoms with van der Waals surface area (Å²) < 4.78 is 10.3. The molecule has 0 bridgehead atoms. The maximum Gasteiger partial charge on any atom is 0.313 e. The van der Waals surface area contributed by atoms with Gasteiger partial charge in [0.25, 0.3) is 0 Å². The molecule has 4 nitrogen and oxygen atoms in total. The molecule has 1 aromatic heterocycles. The number of hydrogen-bond acceptors (Lipinski definition) is 4. The van der Waals surface area contributed by atoms with Gasteiger partial charge in [-0.1, -0.05) is 5.16 Å². The molecule has 1 aliphatic carbocycles. The first kappa shape index (κ1) is 13.7. The number of aromatic nitrogens is 1. The number of rotatable bonds is 8. The number of esters is 1. The predicted octanol–water partition coefficient (Wildman–Crippen LogP) is 2.83. The molecule has 1 saturated carbocycles. The quantitative estimate of drug-likeness (QED) is 0.410. The van der Waals surface area contributed by atoms with Crippen molar-refractivity contribution in [1.82, 2.24) is 5.16 Å². The topological polar surface area (TPSA) is 52.3 Å². The number of hydrogen-bond donors (Lipinski definition) is 0. The zero-order valence-corrected chi connectivity index (χ0v) is 11.1. The van der Waals surface area contributed by atoms with Crippen LogP contribution in [0.4, 0.5) is 0 Å². The summed E-state index contributed by atoms with van der Waals surface area (Å²) in [5.74, 6) is 3.48. The molecule has 1 fully saturated rings. The lowest BCUT2D eigenvalue weighted by Gasteiger charge is -2.02. The number of ether oxygens (including phenoxy) is 1. The Morgan fingerprint density at radius 1 is 1.47 bits per heavy atom. The second-order valence-electron chi connectivity index (χ2n) is 4.90. The normalized spacial score (nSPS) is 14.1. The van der Waals surface area contributed by atoms with Crippen molar-refractivity contribution >= 4 is 5.97 Å². The van der Waals surface area contributed by atoms with E-state index in [0.29, 0.717) is 18.3 Å². The molecule has 0 unspecified atom stereocenters. The second-order valence-corrected chi connectivity index (χ2v) is 4.90. The van der Waals surface area contributed by atoms with E-state index < -0.39 is 0 Å². The minimum absolute atomic E-state index is 0.171. The van der Waals surface area contributed by atoms with E-state index in [1.807, 2.05) is 6.07 Å². The van der Waals surface area contributed by atoms with Crippen molar-refractivity contribution in [2.45, 2.75) is 50.9 Å². The second kappa shape index (κ2) is 6.98. The Balaban J connectivity index is 1.59. The number of carbonyl (C=O) groups excluding carboxylic acids is 1. The zero-order chi connectivity index (χ0) is 13.5. The molecule has 1 heterocycles. The van der Waals surface area contributed by atoms with Crippen LogP contribution in [0.5, 0.6) is 0 Å². The van der Waals surface area contributed by atoms with Gasteiger partial charge in [0.1, 0.15) is 12.2 Å². The molecule has 0 aliphatic heterocycles. The lowest BCUT2D eigenvalue weighted by molar-refractivity contribution is -0.143. The van der Waals surface area contributed by atoms with Gasteiger partial charge < -0.3 is 9.26 Å². The number of nitrogens with zero attached hydrogens (tertiary/aromatic N) is 1. The van der Waals surface area contributed by atoms with Crippen LogP contribution in [0.15, 0.2) is 10.6 Å². The standard InChI is InChI=1S/C15H19NO3/c1-2-3-4-5-6-9-18-15(17)11-13-10-14(16-19-13)12-7-8-12/h1,10,12H,3-9,11H2. The van der Waals surface area contributed by atoms with Gasteiger partial charge in [0.2, 0.25) is 0 Å². The lowest BCUT2D eigenvalue weighted by Crippen LogP contribution is -2.08. The van der Waals surface area contributed by atoms with E-state index in [0.717, 1.165) is 31.4 Å². The number of unbranched alkanes of at least 4 members (excludes halogenated alkanes) is 3. The van der Waals surface area contributed by atoms with E-state index in [-0.39, 0.29) is 12.4 Å². The SMILES string of the molecule is C#CCCCCCOC(=O)Cc1cc(C2CC2)no1. The molecule has 2 rings (SSSR count). The van der Waals surface area contributed by atoms with Crippen LogP contribution in [0.25, 0.3) is 0 Å². The third-order valence-electron chi connectivity index (χ3n) is 3.12. The van der Waals surface area contributed by atoms with Gasteiger partial charge in [-0.15, -0.1) is 12.3 Å². The highest BCUT2D eigenvalue weighted by Crippen LogP contribution is 2.39. The highest BCUT2D eigenvalue weighted by atomic mass is 16.5. The first-order valence-corrected chi connectivity index (χ1v) is 6.84. The van der Waals surface area contributed by atoms with Gasteiger partial charge in [-0.3, -0.25) is 4.79 Å². The van der Waals surface area contributed by atoms with Crippen molar-refractivity contribution in [3.05, 3.63) is 17.5 Å². The number of terminal acetylenes is 1. The van der Waals surface area contributed by atoms with Crippen molar-refractivity contribution in [1.29, 1.82) is 0 Å². The number of carbonyl (C=O) groups is 1. The fraction of sp³-hybridized carbons (Fsp3) is 0.600. The molecule has 102 valence electrons. The average Bonchev–Trinajstić information content (AvgIpc) is 3.15. The van der Waals surface area contributed by atoms with E-state index in [1.165, 1.54) is 12.8 Å². The highest BCUT2D eigenvalue weighted by Gasteiger charge is 2.27. The molecule has 0 atom stereocenters. The van der Waals surface area contributed by atoms with E-state index in [1.54, 1.807) is 0 Å². The molecule has 1 aromatic rings. The summed E-state index contributed by atoms with van der Waals surface area (Å²) in [6.07, 6.45) is 11.3. The zero-order valence-electron chi connectivity index (χ0n) is 11.1. The lowest BCUT2D eigenvalue weighted by atomic mass is 10.2. The van der Waals surface area contributed by atoms with Crippen LogP contribution in [0.2, 0.25) is 0 Å². The minimum Gasteiger partial charge on any atom is -0.465 e. The van der Waals surface area contributed by atoms with Gasteiger partial charge in [0, 0.05) is 18.4 Å². The molecule has 0 saturated heterocycles. The fourth-order valence-electron chi connectivity index (χ4n) is 1.87. The molecular weight excluding hydrogens is 242 g/mol. The first-order valence-electron chi connectivity index (χ1n) is 6.84. The third kappa shape index (κ3) is 4.78. The minimum atomic E-state index is -0.254. The Kier molecular flexibility index (Phi) is 5.02. The van der Waals surface area contributed by atoms with Crippen LogP contribution >= 0.6 is 0 Å². The van der Waals surface area contributed by atoms with Gasteiger partial charge >= 0.3 is 5.97 Å². The van der Waals surface area contributed by atoms with E-state index in [9.17, 15) is 4.79 Å². The van der Waals surface area contributed by atoms with Gasteiger partial charge in [0.05, 0.1) is 12.3 Å². The molecule has 19 heavy (non-hydrogen) atoms. The maximum absolute atomic E-state index is 11.6. The van der Waals surface area contributed by atoms with E-state index in [2.05, 4.69) is 11.1 Å². The Bertz CT molecular complexity index is 454. The van der Waals surface area contributed by atoms with Crippen LogP contribution in [-0.4, -0.2) is 17.7 Å². The van der Waals surface area contributed by atoms with Crippen LogP contribution in [0, 0.1) is 12.3 Å². The maximum atomic E-state index is 11.6. The van der Waals surface area contributed by atoms with Crippen molar-refractivity contribution < 1.29 is 14.1 Å². The van der Waals surface area contributed by atoms with E-state index >= 15 is 0 Å². The molecule has 1 aliphatic rings. The Morgan fingerprint density at radius 2 is 2.32 bits per heavy atom. The summed E-state index contributed by atoms with van der Waals surface area (Å²) in [5.41, 5.74) is 0.970. The first-order chi connectivity index (χ1) is 9.29. The van der Waals surface area contributed by atoms with Crippen molar-refractivity contribution in [3.8, 4) is 12.3 Å². The van der Waals surface area contributed by atoms with Crippen LogP contribution in [0.1, 0.15) is 55.9 Å². The summed E-state index contributed by atoms with van der Waals surface area (Å²) in [5, 5.41) is 3.96. The molecule has 0 aromatic carbocycles. The molecule has 0 N–H and O–H groups in total. The Labute approximate surface area is 113 Å². The largest absolute Gasteiger partial charge is 0.465 e. The predicted molar refractivity (Wildman–Crippen MR) is 70.4 cm³/mol. The third-order valence-corrected chi connectivity index (χ3v) is 3.12. The van der Waals surface area contributed by atoms with Crippen LogP contribution in [0.3, 0.4) is 0 Å². The van der Waals surface area contributed by atoms with Gasteiger partial charge in [-0.2, -0.15) is 0 Å². The Hall–Kier alpha value is -1.76. The van der Waals surface area contributed by atoms with Crippen molar-refractivity contribution in [2.24, 2.45) is 0 Å². The average molecular weight is 261 g/mol. The molecule has 0 radical (unpaired) electrons. The molecule has 0 spiro atoms. The van der Waals surface area contributed by atoms with Crippen LogP contribution < -0.4 is 0 Å². The summed E-state index contributed by atoms with van der Waals surface area (Å²) in [7, 11) is 0. The summed E-state index contributed by atoms with van der Waals surface area (Å²) in [4.78, 5) is 11.6. The Morgan fingerprint density at radius 3 is 3.05 bits per heavy atom. The van der Waals surface area contributed by atoms with Gasteiger partial charge in [-0.25, -0.2) is 0 Å². The van der Waals surface area contributed by atoms with Crippen molar-refractivity contribution in [3.63, 3.8) is 0 Å². The highest BCUT2D eigenvalue weighted by molar-refractivity contribution is 5.71. The monoisotopic (exact) mass is 261 g/mol. The fourth-order valence-corrected chi connectivity index (χ4v) is 1.87. The summed E-state index contributed by atoms with van der Waals surface area (Å²) >= 11 is 0. The molecule has 4 heteroatoms. The van der Waals surface area contributed by atoms with Crippen LogP contribution in [-0.2, 0) is 16.0 Å². The smallest absolute Gasteiger partial charge is 0.313 e. The molecular formula is C15H19NO3.